The first-order valence-corrected chi connectivity index (χ1v) is 7.07. The van der Waals surface area contributed by atoms with Crippen LogP contribution in [0, 0.1) is 0 Å². The second kappa shape index (κ2) is 6.67. The van der Waals surface area contributed by atoms with Crippen molar-refractivity contribution in [2.45, 2.75) is 19.4 Å². The topological polar surface area (TPSA) is 70.7 Å². The Morgan fingerprint density at radius 2 is 2.29 bits per heavy atom. The van der Waals surface area contributed by atoms with Crippen LogP contribution in [0.2, 0.25) is 5.02 Å². The van der Waals surface area contributed by atoms with Crippen molar-refractivity contribution >= 4 is 29.2 Å². The highest BCUT2D eigenvalue weighted by Crippen LogP contribution is 2.31. The Hall–Kier alpha value is -1.95. The van der Waals surface area contributed by atoms with Crippen molar-refractivity contribution in [1.29, 1.82) is 0 Å². The number of halogens is 1. The SMILES string of the molecule is COc1cccc(NC(=O)N2CCC(=O)NC[C@H]2C)c1Cl. The Bertz CT molecular complexity index is 550. The average Bonchev–Trinajstić information content (AvgIpc) is 2.63. The third-order valence-electron chi connectivity index (χ3n) is 3.39. The van der Waals surface area contributed by atoms with Crippen LogP contribution in [0.3, 0.4) is 0 Å². The third-order valence-corrected chi connectivity index (χ3v) is 3.78. The molecule has 1 saturated heterocycles. The number of nitrogens with zero attached hydrogens (tertiary/aromatic N) is 1. The largest absolute Gasteiger partial charge is 0.495 e. The molecule has 2 N–H and O–H groups in total. The summed E-state index contributed by atoms with van der Waals surface area (Å²) in [5.74, 6) is 0.451. The van der Waals surface area contributed by atoms with Gasteiger partial charge in [-0.05, 0) is 19.1 Å². The molecule has 1 aromatic rings. The molecule has 1 atom stereocenters. The standard InChI is InChI=1S/C14H18ClN3O3/c1-9-8-16-12(19)6-7-18(9)14(20)17-10-4-3-5-11(21-2)13(10)15/h3-5,9H,6-8H2,1-2H3,(H,16,19)(H,17,20)/t9-/m1/s1. The minimum Gasteiger partial charge on any atom is -0.495 e. The number of urea groups is 1. The molecule has 21 heavy (non-hydrogen) atoms. The van der Waals surface area contributed by atoms with Crippen LogP contribution in [0.15, 0.2) is 18.2 Å². The van der Waals surface area contributed by atoms with Crippen LogP contribution < -0.4 is 15.4 Å². The lowest BCUT2D eigenvalue weighted by Crippen LogP contribution is -2.44. The molecule has 1 aliphatic rings. The number of carbonyl (C=O) groups is 2. The summed E-state index contributed by atoms with van der Waals surface area (Å²) >= 11 is 6.16. The van der Waals surface area contributed by atoms with Crippen molar-refractivity contribution in [3.05, 3.63) is 23.2 Å². The second-order valence-electron chi connectivity index (χ2n) is 4.85. The Labute approximate surface area is 128 Å². The first-order valence-electron chi connectivity index (χ1n) is 6.69. The number of hydrogen-bond donors (Lipinski definition) is 2. The molecule has 0 unspecified atom stereocenters. The summed E-state index contributed by atoms with van der Waals surface area (Å²) in [6, 6.07) is 4.80. The number of carbonyl (C=O) groups excluding carboxylic acids is 2. The maximum absolute atomic E-state index is 12.4. The number of ether oxygens (including phenoxy) is 1. The van der Waals surface area contributed by atoms with E-state index >= 15 is 0 Å². The van der Waals surface area contributed by atoms with Crippen molar-refractivity contribution < 1.29 is 14.3 Å². The molecule has 2 rings (SSSR count). The molecule has 0 spiro atoms. The zero-order valence-corrected chi connectivity index (χ0v) is 12.7. The van der Waals surface area contributed by atoms with Gasteiger partial charge in [-0.2, -0.15) is 0 Å². The van der Waals surface area contributed by atoms with E-state index in [0.29, 0.717) is 36.0 Å². The third kappa shape index (κ3) is 3.58. The zero-order chi connectivity index (χ0) is 15.4. The number of hydrogen-bond acceptors (Lipinski definition) is 3. The van der Waals surface area contributed by atoms with Crippen molar-refractivity contribution in [2.24, 2.45) is 0 Å². The van der Waals surface area contributed by atoms with E-state index in [1.807, 2.05) is 6.92 Å². The minimum absolute atomic E-state index is 0.0448. The predicted octanol–water partition coefficient (Wildman–Crippen LogP) is 2.09. The molecule has 0 aliphatic carbocycles. The molecule has 6 nitrogen and oxygen atoms in total. The molecular formula is C14H18ClN3O3. The highest BCUT2D eigenvalue weighted by Gasteiger charge is 2.25. The van der Waals surface area contributed by atoms with Gasteiger partial charge in [-0.1, -0.05) is 17.7 Å². The fraction of sp³-hybridized carbons (Fsp3) is 0.429. The highest BCUT2D eigenvalue weighted by molar-refractivity contribution is 6.35. The molecule has 7 heteroatoms. The first kappa shape index (κ1) is 15.4. The van der Waals surface area contributed by atoms with Gasteiger partial charge in [-0.25, -0.2) is 4.79 Å². The maximum Gasteiger partial charge on any atom is 0.322 e. The predicted molar refractivity (Wildman–Crippen MR) is 80.8 cm³/mol. The maximum atomic E-state index is 12.4. The van der Waals surface area contributed by atoms with E-state index in [0.717, 1.165) is 0 Å². The van der Waals surface area contributed by atoms with E-state index in [9.17, 15) is 9.59 Å². The number of nitrogens with one attached hydrogen (secondary N) is 2. The summed E-state index contributed by atoms with van der Waals surface area (Å²) in [6.07, 6.45) is 0.295. The fourth-order valence-electron chi connectivity index (χ4n) is 2.16. The summed E-state index contributed by atoms with van der Waals surface area (Å²) in [4.78, 5) is 25.4. The van der Waals surface area contributed by atoms with Gasteiger partial charge in [0.1, 0.15) is 10.8 Å². The monoisotopic (exact) mass is 311 g/mol. The number of methoxy groups -OCH3 is 1. The summed E-state index contributed by atoms with van der Waals surface area (Å²) in [7, 11) is 1.51. The van der Waals surface area contributed by atoms with Crippen LogP contribution in [-0.4, -0.2) is 43.1 Å². The summed E-state index contributed by atoms with van der Waals surface area (Å²) < 4.78 is 5.12. The normalized spacial score (nSPS) is 18.7. The van der Waals surface area contributed by atoms with Crippen molar-refractivity contribution in [3.63, 3.8) is 0 Å². The fourth-order valence-corrected chi connectivity index (χ4v) is 2.41. The first-order chi connectivity index (χ1) is 10.0. The lowest BCUT2D eigenvalue weighted by atomic mass is 10.2. The second-order valence-corrected chi connectivity index (χ2v) is 5.23. The van der Waals surface area contributed by atoms with Gasteiger partial charge >= 0.3 is 6.03 Å². The number of amides is 3. The van der Waals surface area contributed by atoms with Crippen LogP contribution in [-0.2, 0) is 4.79 Å². The summed E-state index contributed by atoms with van der Waals surface area (Å²) in [5, 5.41) is 5.88. The lowest BCUT2D eigenvalue weighted by molar-refractivity contribution is -0.120. The van der Waals surface area contributed by atoms with Gasteiger partial charge in [-0.15, -0.1) is 0 Å². The molecule has 114 valence electrons. The molecule has 3 amide bonds. The van der Waals surface area contributed by atoms with Crippen molar-refractivity contribution in [2.75, 3.05) is 25.5 Å². The van der Waals surface area contributed by atoms with Gasteiger partial charge < -0.3 is 20.3 Å². The molecule has 0 bridgehead atoms. The Morgan fingerprint density at radius 1 is 1.52 bits per heavy atom. The highest BCUT2D eigenvalue weighted by atomic mass is 35.5. The molecule has 0 saturated carbocycles. The summed E-state index contributed by atoms with van der Waals surface area (Å²) in [5.41, 5.74) is 0.483. The van der Waals surface area contributed by atoms with Crippen LogP contribution in [0.4, 0.5) is 10.5 Å². The van der Waals surface area contributed by atoms with Gasteiger partial charge in [0.05, 0.1) is 12.8 Å². The van der Waals surface area contributed by atoms with Gasteiger partial charge in [0, 0.05) is 25.6 Å². The molecule has 0 aromatic heterocycles. The van der Waals surface area contributed by atoms with E-state index in [1.54, 1.807) is 23.1 Å². The van der Waals surface area contributed by atoms with Crippen LogP contribution in [0.5, 0.6) is 5.75 Å². The van der Waals surface area contributed by atoms with E-state index in [4.69, 9.17) is 16.3 Å². The van der Waals surface area contributed by atoms with Crippen molar-refractivity contribution in [3.8, 4) is 5.75 Å². The number of rotatable bonds is 2. The zero-order valence-electron chi connectivity index (χ0n) is 12.0. The molecular weight excluding hydrogens is 294 g/mol. The minimum atomic E-state index is -0.283. The van der Waals surface area contributed by atoms with Crippen molar-refractivity contribution in [1.82, 2.24) is 10.2 Å². The van der Waals surface area contributed by atoms with E-state index in [2.05, 4.69) is 10.6 Å². The summed E-state index contributed by atoms with van der Waals surface area (Å²) in [6.45, 7) is 2.71. The van der Waals surface area contributed by atoms with Gasteiger partial charge in [0.2, 0.25) is 5.91 Å². The van der Waals surface area contributed by atoms with Gasteiger partial charge in [0.15, 0.2) is 0 Å². The van der Waals surface area contributed by atoms with Crippen LogP contribution in [0.1, 0.15) is 13.3 Å². The molecule has 1 aliphatic heterocycles. The van der Waals surface area contributed by atoms with E-state index in [1.165, 1.54) is 7.11 Å². The van der Waals surface area contributed by atoms with Gasteiger partial charge in [0.25, 0.3) is 0 Å². The molecule has 1 fully saturated rings. The van der Waals surface area contributed by atoms with Gasteiger partial charge in [-0.3, -0.25) is 4.79 Å². The quantitative estimate of drug-likeness (QED) is 0.878. The Morgan fingerprint density at radius 3 is 3.00 bits per heavy atom. The van der Waals surface area contributed by atoms with Crippen LogP contribution >= 0.6 is 11.6 Å². The van der Waals surface area contributed by atoms with Crippen LogP contribution in [0.25, 0.3) is 0 Å². The smallest absolute Gasteiger partial charge is 0.322 e. The number of anilines is 1. The average molecular weight is 312 g/mol. The Kier molecular flexibility index (Phi) is 4.90. The number of benzene rings is 1. The lowest BCUT2D eigenvalue weighted by Gasteiger charge is -2.26. The van der Waals surface area contributed by atoms with E-state index in [-0.39, 0.29) is 18.0 Å². The molecule has 1 heterocycles. The molecule has 1 aromatic carbocycles. The Balaban J connectivity index is 2.12. The molecule has 0 radical (unpaired) electrons. The van der Waals surface area contributed by atoms with E-state index < -0.39 is 0 Å².